The van der Waals surface area contributed by atoms with E-state index in [0.29, 0.717) is 6.04 Å². The maximum absolute atomic E-state index is 10.6. The second kappa shape index (κ2) is 3.72. The van der Waals surface area contributed by atoms with Crippen molar-refractivity contribution in [3.8, 4) is 0 Å². The highest BCUT2D eigenvalue weighted by Crippen LogP contribution is 2.18. The molecule has 1 aliphatic rings. The van der Waals surface area contributed by atoms with Crippen molar-refractivity contribution in [3.05, 3.63) is 0 Å². The van der Waals surface area contributed by atoms with Gasteiger partial charge in [-0.2, -0.15) is 0 Å². The monoisotopic (exact) mass is 158 g/mol. The molecule has 2 atom stereocenters. The number of quaternary nitrogens is 1. The van der Waals surface area contributed by atoms with E-state index in [1.54, 1.807) is 0 Å². The third kappa shape index (κ3) is 2.50. The van der Waals surface area contributed by atoms with E-state index in [0.717, 1.165) is 12.8 Å². The van der Waals surface area contributed by atoms with Gasteiger partial charge >= 0.3 is 5.97 Å². The zero-order valence-corrected chi connectivity index (χ0v) is 7.01. The maximum Gasteiger partial charge on any atom is 0.303 e. The van der Waals surface area contributed by atoms with Gasteiger partial charge in [0, 0.05) is 13.3 Å². The number of esters is 1. The summed E-state index contributed by atoms with van der Waals surface area (Å²) in [6.45, 7) is 1.46. The van der Waals surface area contributed by atoms with E-state index in [2.05, 4.69) is 5.73 Å². The molecule has 0 amide bonds. The van der Waals surface area contributed by atoms with Gasteiger partial charge in [0.15, 0.2) is 6.10 Å². The second-order valence-electron chi connectivity index (χ2n) is 3.19. The maximum atomic E-state index is 10.6. The summed E-state index contributed by atoms with van der Waals surface area (Å²) >= 11 is 0. The highest BCUT2D eigenvalue weighted by atomic mass is 16.5. The molecule has 3 nitrogen and oxygen atoms in total. The summed E-state index contributed by atoms with van der Waals surface area (Å²) in [6, 6.07) is 0.313. The molecule has 0 radical (unpaired) electrons. The van der Waals surface area contributed by atoms with E-state index in [4.69, 9.17) is 4.74 Å². The van der Waals surface area contributed by atoms with Gasteiger partial charge < -0.3 is 10.5 Å². The van der Waals surface area contributed by atoms with E-state index in [1.165, 1.54) is 19.8 Å². The van der Waals surface area contributed by atoms with E-state index < -0.39 is 0 Å². The largest absolute Gasteiger partial charge is 0.456 e. The van der Waals surface area contributed by atoms with Gasteiger partial charge in [0.25, 0.3) is 0 Å². The molecule has 64 valence electrons. The molecule has 3 heteroatoms. The Morgan fingerprint density at radius 1 is 1.45 bits per heavy atom. The lowest BCUT2D eigenvalue weighted by Gasteiger charge is -2.24. The average molecular weight is 158 g/mol. The highest BCUT2D eigenvalue weighted by molar-refractivity contribution is 5.66. The number of hydrogen-bond donors (Lipinski definition) is 1. The van der Waals surface area contributed by atoms with Crippen LogP contribution in [0.15, 0.2) is 0 Å². The first kappa shape index (κ1) is 8.53. The van der Waals surface area contributed by atoms with E-state index in [1.807, 2.05) is 0 Å². The molecule has 1 fully saturated rings. The molecule has 3 N–H and O–H groups in total. The second-order valence-corrected chi connectivity index (χ2v) is 3.19. The van der Waals surface area contributed by atoms with Crippen LogP contribution in [0.4, 0.5) is 0 Å². The Hall–Kier alpha value is -0.570. The Kier molecular flexibility index (Phi) is 2.88. The zero-order valence-electron chi connectivity index (χ0n) is 7.01. The van der Waals surface area contributed by atoms with Crippen LogP contribution in [0.25, 0.3) is 0 Å². The van der Waals surface area contributed by atoms with Crippen molar-refractivity contribution in [1.82, 2.24) is 0 Å². The first-order valence-corrected chi connectivity index (χ1v) is 4.20. The molecule has 1 saturated carbocycles. The lowest BCUT2D eigenvalue weighted by molar-refractivity contribution is -0.442. The Bertz CT molecular complexity index is 147. The predicted octanol–water partition coefficient (Wildman–Crippen LogP) is 0.103. The van der Waals surface area contributed by atoms with Crippen LogP contribution in [0.1, 0.15) is 32.6 Å². The van der Waals surface area contributed by atoms with Gasteiger partial charge in [-0.25, -0.2) is 0 Å². The van der Waals surface area contributed by atoms with Crippen molar-refractivity contribution in [2.45, 2.75) is 44.8 Å². The molecule has 0 spiro atoms. The predicted molar refractivity (Wildman–Crippen MR) is 40.7 cm³/mol. The number of carbonyl (C=O) groups is 1. The topological polar surface area (TPSA) is 53.9 Å². The molecule has 0 aromatic heterocycles. The quantitative estimate of drug-likeness (QED) is 0.550. The number of ether oxygens (including phenoxy) is 1. The van der Waals surface area contributed by atoms with E-state index in [-0.39, 0.29) is 12.1 Å². The van der Waals surface area contributed by atoms with Gasteiger partial charge in [0.1, 0.15) is 6.04 Å². The lowest BCUT2D eigenvalue weighted by atomic mass is 9.93. The molecule has 0 aliphatic heterocycles. The molecule has 0 aromatic carbocycles. The summed E-state index contributed by atoms with van der Waals surface area (Å²) < 4.78 is 5.10. The first-order chi connectivity index (χ1) is 5.20. The minimum Gasteiger partial charge on any atom is -0.456 e. The Morgan fingerprint density at radius 2 is 2.09 bits per heavy atom. The van der Waals surface area contributed by atoms with Crippen LogP contribution < -0.4 is 5.73 Å². The standard InChI is InChI=1S/C8H15NO2/c1-6(10)11-8-5-3-2-4-7(8)9/h7-8H,2-5,9H2,1H3/p+1/t7-,8+/m0/s1. The third-order valence-corrected chi connectivity index (χ3v) is 2.16. The third-order valence-electron chi connectivity index (χ3n) is 2.16. The Balaban J connectivity index is 2.35. The van der Waals surface area contributed by atoms with Gasteiger partial charge in [0.2, 0.25) is 0 Å². The van der Waals surface area contributed by atoms with Crippen LogP contribution in [0, 0.1) is 0 Å². The van der Waals surface area contributed by atoms with Gasteiger partial charge in [-0.3, -0.25) is 4.79 Å². The minimum absolute atomic E-state index is 0.0845. The van der Waals surface area contributed by atoms with Gasteiger partial charge in [0.05, 0.1) is 0 Å². The van der Waals surface area contributed by atoms with Crippen LogP contribution in [0.5, 0.6) is 0 Å². The Labute approximate surface area is 66.9 Å². The normalized spacial score (nSPS) is 31.5. The molecule has 11 heavy (non-hydrogen) atoms. The van der Waals surface area contributed by atoms with Crippen molar-refractivity contribution >= 4 is 5.97 Å². The number of carbonyl (C=O) groups excluding carboxylic acids is 1. The fraction of sp³-hybridized carbons (Fsp3) is 0.875. The molecule has 0 aromatic rings. The summed E-state index contributed by atoms with van der Waals surface area (Å²) in [5.41, 5.74) is 3.95. The molecule has 1 aliphatic carbocycles. The molecular formula is C8H16NO2+. The number of rotatable bonds is 1. The molecule has 0 unspecified atom stereocenters. The highest BCUT2D eigenvalue weighted by Gasteiger charge is 2.26. The molecule has 0 saturated heterocycles. The first-order valence-electron chi connectivity index (χ1n) is 4.20. The molecular weight excluding hydrogens is 142 g/mol. The van der Waals surface area contributed by atoms with Crippen molar-refractivity contribution in [2.75, 3.05) is 0 Å². The molecule has 1 rings (SSSR count). The van der Waals surface area contributed by atoms with Crippen molar-refractivity contribution in [3.63, 3.8) is 0 Å². The van der Waals surface area contributed by atoms with Crippen LogP contribution in [0.3, 0.4) is 0 Å². The molecule has 0 heterocycles. The van der Waals surface area contributed by atoms with Crippen LogP contribution in [0.2, 0.25) is 0 Å². The van der Waals surface area contributed by atoms with E-state index >= 15 is 0 Å². The smallest absolute Gasteiger partial charge is 0.303 e. The van der Waals surface area contributed by atoms with Gasteiger partial charge in [-0.05, 0) is 19.3 Å². The summed E-state index contributed by atoms with van der Waals surface area (Å²) in [5, 5.41) is 0. The SMILES string of the molecule is CC(=O)O[C@@H]1CCCC[C@@H]1[NH3+]. The molecule has 0 bridgehead atoms. The number of hydrogen-bond acceptors (Lipinski definition) is 2. The average Bonchev–Trinajstić information content (AvgIpc) is 1.93. The summed E-state index contributed by atoms with van der Waals surface area (Å²) in [6.07, 6.45) is 4.57. The van der Waals surface area contributed by atoms with Gasteiger partial charge in [-0.1, -0.05) is 0 Å². The van der Waals surface area contributed by atoms with Crippen molar-refractivity contribution < 1.29 is 15.3 Å². The summed E-state index contributed by atoms with van der Waals surface area (Å²) in [5.74, 6) is -0.175. The van der Waals surface area contributed by atoms with Crippen molar-refractivity contribution in [2.24, 2.45) is 0 Å². The Morgan fingerprint density at radius 3 is 2.64 bits per heavy atom. The lowest BCUT2D eigenvalue weighted by Crippen LogP contribution is -2.67. The van der Waals surface area contributed by atoms with Crippen molar-refractivity contribution in [1.29, 1.82) is 0 Å². The summed E-state index contributed by atoms with van der Waals surface area (Å²) in [4.78, 5) is 10.6. The fourth-order valence-electron chi connectivity index (χ4n) is 1.54. The van der Waals surface area contributed by atoms with Gasteiger partial charge in [-0.15, -0.1) is 0 Å². The van der Waals surface area contributed by atoms with Crippen LogP contribution >= 0.6 is 0 Å². The fourth-order valence-corrected chi connectivity index (χ4v) is 1.54. The van der Waals surface area contributed by atoms with E-state index in [9.17, 15) is 4.79 Å². The minimum atomic E-state index is -0.175. The zero-order chi connectivity index (χ0) is 8.27. The van der Waals surface area contributed by atoms with Crippen LogP contribution in [-0.4, -0.2) is 18.1 Å². The summed E-state index contributed by atoms with van der Waals surface area (Å²) in [7, 11) is 0. The van der Waals surface area contributed by atoms with Crippen LogP contribution in [-0.2, 0) is 9.53 Å².